The van der Waals surface area contributed by atoms with Gasteiger partial charge in [0.25, 0.3) is 0 Å². The Morgan fingerprint density at radius 3 is 2.62 bits per heavy atom. The molecule has 0 radical (unpaired) electrons. The van der Waals surface area contributed by atoms with E-state index in [0.717, 1.165) is 18.3 Å². The highest BCUT2D eigenvalue weighted by molar-refractivity contribution is 7.12. The molecule has 2 heteroatoms. The first-order chi connectivity index (χ1) is 6.17. The summed E-state index contributed by atoms with van der Waals surface area (Å²) in [6, 6.07) is 2.12. The smallest absolute Gasteiger partial charge is 0.146 e. The van der Waals surface area contributed by atoms with Crippen molar-refractivity contribution in [2.75, 3.05) is 0 Å². The first kappa shape index (κ1) is 10.2. The molecule has 0 amide bonds. The standard InChI is InChI=1S/C11H14OS/c1-4-10(7-12)6-11-5-8(2)13-9(11)3/h5-7H,4H2,1-3H3. The molecule has 1 nitrogen and oxygen atoms in total. The molecule has 13 heavy (non-hydrogen) atoms. The summed E-state index contributed by atoms with van der Waals surface area (Å²) >= 11 is 1.77. The highest BCUT2D eigenvalue weighted by Gasteiger charge is 2.00. The lowest BCUT2D eigenvalue weighted by Crippen LogP contribution is -1.81. The molecule has 1 aromatic rings. The van der Waals surface area contributed by atoms with Crippen molar-refractivity contribution in [2.45, 2.75) is 27.2 Å². The Kier molecular flexibility index (Phi) is 3.43. The molecule has 0 N–H and O–H groups in total. The minimum atomic E-state index is 0.803. The van der Waals surface area contributed by atoms with Gasteiger partial charge in [0.2, 0.25) is 0 Å². The van der Waals surface area contributed by atoms with Gasteiger partial charge in [0, 0.05) is 9.75 Å². The molecule has 0 atom stereocenters. The predicted octanol–water partition coefficient (Wildman–Crippen LogP) is 3.36. The zero-order valence-electron chi connectivity index (χ0n) is 8.26. The minimum Gasteiger partial charge on any atom is -0.298 e. The third-order valence-corrected chi connectivity index (χ3v) is 2.96. The van der Waals surface area contributed by atoms with Crippen molar-refractivity contribution in [3.05, 3.63) is 27.0 Å². The van der Waals surface area contributed by atoms with Crippen LogP contribution in [0.3, 0.4) is 0 Å². The molecule has 0 aliphatic carbocycles. The fraction of sp³-hybridized carbons (Fsp3) is 0.364. The van der Waals surface area contributed by atoms with Crippen LogP contribution in [-0.4, -0.2) is 6.29 Å². The van der Waals surface area contributed by atoms with Crippen molar-refractivity contribution >= 4 is 23.7 Å². The third kappa shape index (κ3) is 2.52. The quantitative estimate of drug-likeness (QED) is 0.532. The molecule has 0 spiro atoms. The van der Waals surface area contributed by atoms with E-state index in [-0.39, 0.29) is 0 Å². The van der Waals surface area contributed by atoms with Crippen LogP contribution in [0.25, 0.3) is 6.08 Å². The molecule has 0 aliphatic rings. The van der Waals surface area contributed by atoms with E-state index >= 15 is 0 Å². The van der Waals surface area contributed by atoms with E-state index < -0.39 is 0 Å². The second-order valence-corrected chi connectivity index (χ2v) is 4.52. The Bertz CT molecular complexity index is 334. The van der Waals surface area contributed by atoms with E-state index in [1.807, 2.05) is 13.0 Å². The van der Waals surface area contributed by atoms with Gasteiger partial charge in [0.1, 0.15) is 6.29 Å². The SMILES string of the molecule is CCC(C=O)=Cc1cc(C)sc1C. The summed E-state index contributed by atoms with van der Waals surface area (Å²) in [6.07, 6.45) is 3.72. The number of hydrogen-bond acceptors (Lipinski definition) is 2. The van der Waals surface area contributed by atoms with Crippen LogP contribution < -0.4 is 0 Å². The van der Waals surface area contributed by atoms with Gasteiger partial charge in [0.15, 0.2) is 0 Å². The number of hydrogen-bond donors (Lipinski definition) is 0. The van der Waals surface area contributed by atoms with Gasteiger partial charge < -0.3 is 0 Å². The van der Waals surface area contributed by atoms with E-state index in [4.69, 9.17) is 0 Å². The molecular formula is C11H14OS. The summed E-state index contributed by atoms with van der Waals surface area (Å²) in [7, 11) is 0. The monoisotopic (exact) mass is 194 g/mol. The van der Waals surface area contributed by atoms with E-state index in [9.17, 15) is 4.79 Å². The van der Waals surface area contributed by atoms with Crippen LogP contribution in [0.5, 0.6) is 0 Å². The fourth-order valence-electron chi connectivity index (χ4n) is 1.21. The number of carbonyl (C=O) groups is 1. The van der Waals surface area contributed by atoms with Gasteiger partial charge in [-0.25, -0.2) is 0 Å². The topological polar surface area (TPSA) is 17.1 Å². The van der Waals surface area contributed by atoms with Crippen molar-refractivity contribution in [1.29, 1.82) is 0 Å². The second kappa shape index (κ2) is 4.38. The average Bonchev–Trinajstić information content (AvgIpc) is 2.41. The van der Waals surface area contributed by atoms with Gasteiger partial charge in [-0.3, -0.25) is 4.79 Å². The first-order valence-corrected chi connectivity index (χ1v) is 5.21. The van der Waals surface area contributed by atoms with Gasteiger partial charge >= 0.3 is 0 Å². The van der Waals surface area contributed by atoms with Gasteiger partial charge in [0.05, 0.1) is 0 Å². The van der Waals surface area contributed by atoms with Crippen LogP contribution in [0.15, 0.2) is 11.6 Å². The van der Waals surface area contributed by atoms with Crippen molar-refractivity contribution in [3.8, 4) is 0 Å². The summed E-state index contributed by atoms with van der Waals surface area (Å²) in [6.45, 7) is 6.16. The third-order valence-electron chi connectivity index (χ3n) is 1.98. The highest BCUT2D eigenvalue weighted by atomic mass is 32.1. The summed E-state index contributed by atoms with van der Waals surface area (Å²) in [5.41, 5.74) is 2.05. The highest BCUT2D eigenvalue weighted by Crippen LogP contribution is 2.22. The molecule has 0 saturated heterocycles. The second-order valence-electron chi connectivity index (χ2n) is 3.06. The lowest BCUT2D eigenvalue weighted by molar-refractivity contribution is -0.104. The van der Waals surface area contributed by atoms with Crippen LogP contribution in [0, 0.1) is 13.8 Å². The predicted molar refractivity (Wildman–Crippen MR) is 58.1 cm³/mol. The Morgan fingerprint density at radius 2 is 2.23 bits per heavy atom. The lowest BCUT2D eigenvalue weighted by Gasteiger charge is -1.93. The van der Waals surface area contributed by atoms with Crippen LogP contribution >= 0.6 is 11.3 Å². The zero-order valence-corrected chi connectivity index (χ0v) is 9.07. The van der Waals surface area contributed by atoms with Gasteiger partial charge in [-0.15, -0.1) is 11.3 Å². The summed E-state index contributed by atoms with van der Waals surface area (Å²) in [4.78, 5) is 13.2. The maximum Gasteiger partial charge on any atom is 0.146 e. The first-order valence-electron chi connectivity index (χ1n) is 4.40. The maximum atomic E-state index is 10.6. The molecule has 0 bridgehead atoms. The van der Waals surface area contributed by atoms with Crippen molar-refractivity contribution in [1.82, 2.24) is 0 Å². The fourth-order valence-corrected chi connectivity index (χ4v) is 2.12. The summed E-state index contributed by atoms with van der Waals surface area (Å²) < 4.78 is 0. The number of thiophene rings is 1. The number of carbonyl (C=O) groups excluding carboxylic acids is 1. The minimum absolute atomic E-state index is 0.803. The Labute approximate surface area is 83.1 Å². The van der Waals surface area contributed by atoms with Crippen molar-refractivity contribution in [3.63, 3.8) is 0 Å². The lowest BCUT2D eigenvalue weighted by atomic mass is 10.1. The van der Waals surface area contributed by atoms with E-state index in [2.05, 4.69) is 19.9 Å². The molecule has 1 aromatic heterocycles. The largest absolute Gasteiger partial charge is 0.298 e. The normalized spacial score (nSPS) is 11.8. The number of rotatable bonds is 3. The van der Waals surface area contributed by atoms with E-state index in [1.54, 1.807) is 11.3 Å². The Morgan fingerprint density at radius 1 is 1.54 bits per heavy atom. The number of allylic oxidation sites excluding steroid dienone is 1. The van der Waals surface area contributed by atoms with Crippen molar-refractivity contribution < 1.29 is 4.79 Å². The molecule has 0 aromatic carbocycles. The molecule has 1 rings (SSSR count). The van der Waals surface area contributed by atoms with E-state index in [1.165, 1.54) is 15.3 Å². The van der Waals surface area contributed by atoms with Gasteiger partial charge in [-0.1, -0.05) is 6.92 Å². The van der Waals surface area contributed by atoms with Crippen LogP contribution in [0.2, 0.25) is 0 Å². The van der Waals surface area contributed by atoms with Gasteiger partial charge in [-0.2, -0.15) is 0 Å². The molecular weight excluding hydrogens is 180 g/mol. The van der Waals surface area contributed by atoms with E-state index in [0.29, 0.717) is 0 Å². The van der Waals surface area contributed by atoms with Gasteiger partial charge in [-0.05, 0) is 43.5 Å². The number of aryl methyl sites for hydroxylation is 2. The summed E-state index contributed by atoms with van der Waals surface area (Å²) in [5.74, 6) is 0. The number of aldehydes is 1. The Balaban J connectivity index is 3.01. The molecule has 1 heterocycles. The van der Waals surface area contributed by atoms with Crippen LogP contribution in [-0.2, 0) is 4.79 Å². The van der Waals surface area contributed by atoms with Crippen molar-refractivity contribution in [2.24, 2.45) is 0 Å². The van der Waals surface area contributed by atoms with Crippen LogP contribution in [0.1, 0.15) is 28.7 Å². The zero-order chi connectivity index (χ0) is 9.84. The summed E-state index contributed by atoms with van der Waals surface area (Å²) in [5, 5.41) is 0. The molecule has 0 aliphatic heterocycles. The molecule has 70 valence electrons. The molecule has 0 saturated carbocycles. The van der Waals surface area contributed by atoms with Crippen LogP contribution in [0.4, 0.5) is 0 Å². The molecule has 0 unspecified atom stereocenters. The maximum absolute atomic E-state index is 10.6. The average molecular weight is 194 g/mol. The Hall–Kier alpha value is -0.890. The molecule has 0 fully saturated rings.